The molecule has 0 aliphatic carbocycles. The molecule has 0 bridgehead atoms. The fourth-order valence-electron chi connectivity index (χ4n) is 5.20. The van der Waals surface area contributed by atoms with Crippen LogP contribution in [-0.4, -0.2) is 73.2 Å². The van der Waals surface area contributed by atoms with Gasteiger partial charge in [0.15, 0.2) is 5.13 Å². The molecule has 2 saturated heterocycles. The molecule has 5 rings (SSSR count). The summed E-state index contributed by atoms with van der Waals surface area (Å²) in [5.74, 6) is 1.35. The number of piperazine rings is 1. The molecule has 0 atom stereocenters. The van der Waals surface area contributed by atoms with E-state index in [1.165, 1.54) is 5.56 Å². The molecule has 0 unspecified atom stereocenters. The smallest absolute Gasteiger partial charge is 0.321 e. The third kappa shape index (κ3) is 5.26. The topological polar surface area (TPSA) is 60.9 Å². The first-order valence-corrected chi connectivity index (χ1v) is 13.9. The number of methoxy groups -OCH3 is 1. The number of halogens is 1. The van der Waals surface area contributed by atoms with Crippen molar-refractivity contribution in [1.29, 1.82) is 0 Å². The number of ether oxygens (including phenoxy) is 1. The SMILES string of the molecule is COc1ccc(NC(=O)N2CCN(c3nc4c(Cl)cccc4s3)CC2)cc1C1CCN(C(C)C)CC1. The fourth-order valence-corrected chi connectivity index (χ4v) is 6.52. The van der Waals surface area contributed by atoms with Crippen molar-refractivity contribution in [1.82, 2.24) is 14.8 Å². The molecule has 2 fully saturated rings. The summed E-state index contributed by atoms with van der Waals surface area (Å²) in [4.78, 5) is 24.5. The molecule has 2 aromatic carbocycles. The zero-order chi connectivity index (χ0) is 25.2. The quantitative estimate of drug-likeness (QED) is 0.447. The van der Waals surface area contributed by atoms with E-state index in [2.05, 4.69) is 35.0 Å². The summed E-state index contributed by atoms with van der Waals surface area (Å²) in [5, 5.41) is 4.76. The average molecular weight is 528 g/mol. The van der Waals surface area contributed by atoms with Crippen molar-refractivity contribution in [3.63, 3.8) is 0 Å². The van der Waals surface area contributed by atoms with E-state index < -0.39 is 0 Å². The van der Waals surface area contributed by atoms with E-state index in [1.807, 2.05) is 35.2 Å². The first-order valence-electron chi connectivity index (χ1n) is 12.7. The van der Waals surface area contributed by atoms with Crippen molar-refractivity contribution in [2.24, 2.45) is 0 Å². The van der Waals surface area contributed by atoms with Crippen LogP contribution >= 0.6 is 22.9 Å². The summed E-state index contributed by atoms with van der Waals surface area (Å²) in [6.07, 6.45) is 2.20. The zero-order valence-electron chi connectivity index (χ0n) is 21.2. The lowest BCUT2D eigenvalue weighted by molar-refractivity contribution is 0.171. The van der Waals surface area contributed by atoms with Crippen LogP contribution in [0.4, 0.5) is 15.6 Å². The molecule has 2 aliphatic heterocycles. The first kappa shape index (κ1) is 25.1. The van der Waals surface area contributed by atoms with E-state index in [0.717, 1.165) is 65.8 Å². The van der Waals surface area contributed by atoms with Crippen molar-refractivity contribution in [3.8, 4) is 5.75 Å². The number of fused-ring (bicyclic) bond motifs is 1. The molecule has 3 heterocycles. The Morgan fingerprint density at radius 1 is 1.11 bits per heavy atom. The van der Waals surface area contributed by atoms with E-state index in [9.17, 15) is 4.79 Å². The van der Waals surface area contributed by atoms with Gasteiger partial charge in [0.1, 0.15) is 11.3 Å². The van der Waals surface area contributed by atoms with E-state index in [-0.39, 0.29) is 6.03 Å². The van der Waals surface area contributed by atoms with Gasteiger partial charge in [0.2, 0.25) is 0 Å². The number of piperidine rings is 1. The van der Waals surface area contributed by atoms with Gasteiger partial charge < -0.3 is 24.8 Å². The minimum Gasteiger partial charge on any atom is -0.496 e. The zero-order valence-corrected chi connectivity index (χ0v) is 22.7. The lowest BCUT2D eigenvalue weighted by Gasteiger charge is -2.35. The number of likely N-dealkylation sites (tertiary alicyclic amines) is 1. The summed E-state index contributed by atoms with van der Waals surface area (Å²) in [5.41, 5.74) is 2.87. The number of nitrogens with one attached hydrogen (secondary N) is 1. The number of carbonyl (C=O) groups is 1. The largest absolute Gasteiger partial charge is 0.496 e. The summed E-state index contributed by atoms with van der Waals surface area (Å²) < 4.78 is 6.76. The Kier molecular flexibility index (Phi) is 7.55. The molecule has 1 N–H and O–H groups in total. The molecule has 36 heavy (non-hydrogen) atoms. The maximum atomic E-state index is 13.1. The minimum absolute atomic E-state index is 0.0623. The van der Waals surface area contributed by atoms with Crippen molar-refractivity contribution < 1.29 is 9.53 Å². The number of hydrogen-bond donors (Lipinski definition) is 1. The molecule has 192 valence electrons. The molecule has 0 radical (unpaired) electrons. The first-order chi connectivity index (χ1) is 17.4. The van der Waals surface area contributed by atoms with Crippen LogP contribution in [0, 0.1) is 0 Å². The summed E-state index contributed by atoms with van der Waals surface area (Å²) in [6, 6.07) is 12.4. The normalized spacial score (nSPS) is 17.7. The van der Waals surface area contributed by atoms with Gasteiger partial charge in [-0.05, 0) is 81.6 Å². The number of nitrogens with zero attached hydrogens (tertiary/aromatic N) is 4. The van der Waals surface area contributed by atoms with Gasteiger partial charge in [0.05, 0.1) is 16.8 Å². The predicted molar refractivity (Wildman–Crippen MR) is 149 cm³/mol. The highest BCUT2D eigenvalue weighted by molar-refractivity contribution is 7.22. The Balaban J connectivity index is 1.21. The second kappa shape index (κ2) is 10.8. The highest BCUT2D eigenvalue weighted by atomic mass is 35.5. The number of urea groups is 1. The standard InChI is InChI=1S/C27H34ClN5O2S/c1-18(2)31-11-9-19(10-12-31)21-17-20(7-8-23(21)35-3)29-26(34)32-13-15-33(16-14-32)27-30-25-22(28)5-4-6-24(25)36-27/h4-8,17-19H,9-16H2,1-3H3,(H,29,34). The van der Waals surface area contributed by atoms with Crippen LogP contribution in [0.25, 0.3) is 10.2 Å². The molecule has 2 aliphatic rings. The molecule has 1 aromatic heterocycles. The number of para-hydroxylation sites is 1. The summed E-state index contributed by atoms with van der Waals surface area (Å²) in [6.45, 7) is 9.47. The molecule has 0 spiro atoms. The number of rotatable bonds is 5. The summed E-state index contributed by atoms with van der Waals surface area (Å²) >= 11 is 7.95. The van der Waals surface area contributed by atoms with E-state index in [0.29, 0.717) is 30.1 Å². The Morgan fingerprint density at radius 3 is 2.53 bits per heavy atom. The highest BCUT2D eigenvalue weighted by Gasteiger charge is 2.26. The Morgan fingerprint density at radius 2 is 1.86 bits per heavy atom. The second-order valence-electron chi connectivity index (χ2n) is 9.85. The van der Waals surface area contributed by atoms with Gasteiger partial charge in [-0.25, -0.2) is 9.78 Å². The van der Waals surface area contributed by atoms with Gasteiger partial charge in [-0.15, -0.1) is 0 Å². The average Bonchev–Trinajstić information content (AvgIpc) is 3.35. The molecule has 2 amide bonds. The maximum Gasteiger partial charge on any atom is 0.321 e. The third-order valence-electron chi connectivity index (χ3n) is 7.38. The molecule has 9 heteroatoms. The second-order valence-corrected chi connectivity index (χ2v) is 11.3. The van der Waals surface area contributed by atoms with Gasteiger partial charge in [0.25, 0.3) is 0 Å². The van der Waals surface area contributed by atoms with Crippen LogP contribution in [0.15, 0.2) is 36.4 Å². The Hall–Kier alpha value is -2.55. The lowest BCUT2D eigenvalue weighted by atomic mass is 9.88. The highest BCUT2D eigenvalue weighted by Crippen LogP contribution is 2.37. The van der Waals surface area contributed by atoms with Crippen LogP contribution in [-0.2, 0) is 0 Å². The number of hydrogen-bond acceptors (Lipinski definition) is 6. The van der Waals surface area contributed by atoms with Gasteiger partial charge in [-0.3, -0.25) is 0 Å². The Bertz CT molecular complexity index is 1220. The summed E-state index contributed by atoms with van der Waals surface area (Å²) in [7, 11) is 1.72. The number of carbonyl (C=O) groups excluding carboxylic acids is 1. The van der Waals surface area contributed by atoms with Gasteiger partial charge in [0, 0.05) is 37.9 Å². The number of aromatic nitrogens is 1. The van der Waals surface area contributed by atoms with E-state index in [4.69, 9.17) is 21.3 Å². The monoisotopic (exact) mass is 527 g/mol. The maximum absolute atomic E-state index is 13.1. The number of thiazole rings is 1. The van der Waals surface area contributed by atoms with Crippen molar-refractivity contribution in [2.45, 2.75) is 38.6 Å². The Labute approximate surface area is 222 Å². The number of anilines is 2. The van der Waals surface area contributed by atoms with Crippen LogP contribution in [0.1, 0.15) is 38.2 Å². The number of amides is 2. The minimum atomic E-state index is -0.0623. The van der Waals surface area contributed by atoms with Crippen LogP contribution in [0.3, 0.4) is 0 Å². The van der Waals surface area contributed by atoms with Crippen LogP contribution < -0.4 is 15.0 Å². The van der Waals surface area contributed by atoms with Gasteiger partial charge >= 0.3 is 6.03 Å². The fraction of sp³-hybridized carbons (Fsp3) is 0.481. The predicted octanol–water partition coefficient (Wildman–Crippen LogP) is 5.90. The van der Waals surface area contributed by atoms with Crippen molar-refractivity contribution in [2.75, 3.05) is 56.6 Å². The van der Waals surface area contributed by atoms with Crippen LogP contribution in [0.2, 0.25) is 5.02 Å². The molecule has 3 aromatic rings. The lowest BCUT2D eigenvalue weighted by Crippen LogP contribution is -2.50. The van der Waals surface area contributed by atoms with Crippen molar-refractivity contribution in [3.05, 3.63) is 47.0 Å². The van der Waals surface area contributed by atoms with Gasteiger partial charge in [-0.1, -0.05) is 29.0 Å². The van der Waals surface area contributed by atoms with Gasteiger partial charge in [-0.2, -0.15) is 0 Å². The van der Waals surface area contributed by atoms with Crippen LogP contribution in [0.5, 0.6) is 5.75 Å². The number of benzene rings is 2. The van der Waals surface area contributed by atoms with E-state index in [1.54, 1.807) is 18.4 Å². The molecular formula is C27H34ClN5O2S. The molecule has 7 nitrogen and oxygen atoms in total. The molecular weight excluding hydrogens is 494 g/mol. The van der Waals surface area contributed by atoms with E-state index >= 15 is 0 Å². The molecule has 0 saturated carbocycles. The third-order valence-corrected chi connectivity index (χ3v) is 8.76. The van der Waals surface area contributed by atoms with Crippen molar-refractivity contribution >= 4 is 50.0 Å².